The van der Waals surface area contributed by atoms with Gasteiger partial charge in [0.1, 0.15) is 5.75 Å². The number of nitrogens with one attached hydrogen (secondary N) is 3. The van der Waals surface area contributed by atoms with Crippen LogP contribution >= 0.6 is 12.2 Å². The number of hydrogen-bond acceptors (Lipinski definition) is 5. The highest BCUT2D eigenvalue weighted by molar-refractivity contribution is 7.80. The van der Waals surface area contributed by atoms with Crippen LogP contribution in [0.1, 0.15) is 18.5 Å². The van der Waals surface area contributed by atoms with E-state index in [1.807, 2.05) is 6.07 Å². The first-order valence-corrected chi connectivity index (χ1v) is 8.95. The minimum Gasteiger partial charge on any atom is -0.504 e. The fourth-order valence-electron chi connectivity index (χ4n) is 3.10. The summed E-state index contributed by atoms with van der Waals surface area (Å²) in [6, 6.07) is 11.6. The Bertz CT molecular complexity index is 958. The molecule has 1 heterocycles. The monoisotopic (exact) mass is 399 g/mol. The lowest BCUT2D eigenvalue weighted by atomic mass is 9.94. The number of carbonyl (C=O) groups is 1. The highest BCUT2D eigenvalue weighted by Crippen LogP contribution is 2.38. The predicted octanol–water partition coefficient (Wildman–Crippen LogP) is 2.84. The number of carbonyl (C=O) groups excluding carboxylic acids is 1. The Morgan fingerprint density at radius 1 is 1.11 bits per heavy atom. The lowest BCUT2D eigenvalue weighted by Gasteiger charge is -2.31. The number of phenols is 1. The average Bonchev–Trinajstić information content (AvgIpc) is 2.67. The average molecular weight is 399 g/mol. The van der Waals surface area contributed by atoms with Crippen LogP contribution in [0.2, 0.25) is 0 Å². The summed E-state index contributed by atoms with van der Waals surface area (Å²) in [4.78, 5) is 13.1. The summed E-state index contributed by atoms with van der Waals surface area (Å²) in [5.41, 5.74) is 2.00. The Hall–Kier alpha value is -3.26. The van der Waals surface area contributed by atoms with Crippen LogP contribution in [0.4, 0.5) is 5.69 Å². The summed E-state index contributed by atoms with van der Waals surface area (Å²) in [6.07, 6.45) is 0. The molecule has 0 spiro atoms. The molecule has 1 amide bonds. The first kappa shape index (κ1) is 19.5. The molecule has 3 rings (SSSR count). The summed E-state index contributed by atoms with van der Waals surface area (Å²) in [5.74, 6) is 0.451. The van der Waals surface area contributed by atoms with Crippen molar-refractivity contribution in [3.63, 3.8) is 0 Å². The number of para-hydroxylation sites is 3. The molecule has 0 radical (unpaired) electrons. The quantitative estimate of drug-likeness (QED) is 0.575. The molecule has 0 fully saturated rings. The molecule has 0 aromatic heterocycles. The molecule has 1 aliphatic heterocycles. The van der Waals surface area contributed by atoms with E-state index in [1.54, 1.807) is 43.3 Å². The first-order valence-electron chi connectivity index (χ1n) is 8.54. The van der Waals surface area contributed by atoms with E-state index in [4.69, 9.17) is 21.7 Å². The molecule has 2 aromatic carbocycles. The van der Waals surface area contributed by atoms with Crippen LogP contribution < -0.4 is 25.4 Å². The zero-order valence-corrected chi connectivity index (χ0v) is 16.5. The summed E-state index contributed by atoms with van der Waals surface area (Å²) >= 11 is 5.25. The van der Waals surface area contributed by atoms with Gasteiger partial charge < -0.3 is 30.5 Å². The molecular formula is C20H21N3O4S. The summed E-state index contributed by atoms with van der Waals surface area (Å²) in [5, 5.41) is 19.8. The normalized spacial score (nSPS) is 16.1. The Kier molecular flexibility index (Phi) is 5.70. The van der Waals surface area contributed by atoms with Crippen molar-refractivity contribution in [3.8, 4) is 17.2 Å². The number of rotatable bonds is 5. The van der Waals surface area contributed by atoms with Crippen LogP contribution in [0.25, 0.3) is 0 Å². The summed E-state index contributed by atoms with van der Waals surface area (Å²) in [6.45, 7) is 1.76. The lowest BCUT2D eigenvalue weighted by molar-refractivity contribution is -0.113. The Morgan fingerprint density at radius 3 is 2.50 bits per heavy atom. The zero-order chi connectivity index (χ0) is 20.3. The molecule has 8 heteroatoms. The molecule has 0 bridgehead atoms. The van der Waals surface area contributed by atoms with Gasteiger partial charge in [-0.05, 0) is 37.3 Å². The number of methoxy groups -OCH3 is 2. The van der Waals surface area contributed by atoms with Crippen LogP contribution in [0.5, 0.6) is 17.2 Å². The van der Waals surface area contributed by atoms with E-state index >= 15 is 0 Å². The molecule has 28 heavy (non-hydrogen) atoms. The van der Waals surface area contributed by atoms with Gasteiger partial charge in [-0.3, -0.25) is 4.79 Å². The second kappa shape index (κ2) is 8.18. The van der Waals surface area contributed by atoms with E-state index in [9.17, 15) is 9.90 Å². The van der Waals surface area contributed by atoms with Crippen LogP contribution in [-0.2, 0) is 4.79 Å². The van der Waals surface area contributed by atoms with Crippen LogP contribution in [-0.4, -0.2) is 30.3 Å². The van der Waals surface area contributed by atoms with E-state index in [0.29, 0.717) is 39.1 Å². The van der Waals surface area contributed by atoms with Crippen LogP contribution in [0.15, 0.2) is 53.7 Å². The fraction of sp³-hybridized carbons (Fsp3) is 0.200. The maximum atomic E-state index is 13.1. The Labute approximate surface area is 168 Å². The number of ether oxygens (including phenoxy) is 2. The number of amides is 1. The maximum absolute atomic E-state index is 13.1. The highest BCUT2D eigenvalue weighted by atomic mass is 32.1. The molecule has 0 aliphatic carbocycles. The van der Waals surface area contributed by atoms with Gasteiger partial charge in [-0.2, -0.15) is 0 Å². The molecule has 0 unspecified atom stereocenters. The number of aromatic hydroxyl groups is 1. The van der Waals surface area contributed by atoms with Crippen LogP contribution in [0, 0.1) is 0 Å². The number of benzene rings is 2. The second-order valence-electron chi connectivity index (χ2n) is 6.12. The van der Waals surface area contributed by atoms with Gasteiger partial charge in [0.05, 0.1) is 31.5 Å². The van der Waals surface area contributed by atoms with Gasteiger partial charge >= 0.3 is 0 Å². The van der Waals surface area contributed by atoms with E-state index in [-0.39, 0.29) is 11.7 Å². The highest BCUT2D eigenvalue weighted by Gasteiger charge is 2.32. The third-order valence-corrected chi connectivity index (χ3v) is 4.65. The molecule has 2 aromatic rings. The summed E-state index contributed by atoms with van der Waals surface area (Å²) in [7, 11) is 3.00. The maximum Gasteiger partial charge on any atom is 0.255 e. The van der Waals surface area contributed by atoms with E-state index in [0.717, 1.165) is 0 Å². The number of allylic oxidation sites excluding steroid dienone is 1. The number of thiocarbonyl (C=S) groups is 1. The topological polar surface area (TPSA) is 91.9 Å². The lowest BCUT2D eigenvalue weighted by Crippen LogP contribution is -2.45. The third-order valence-electron chi connectivity index (χ3n) is 4.43. The molecule has 0 saturated carbocycles. The molecular weight excluding hydrogens is 378 g/mol. The molecule has 4 N–H and O–H groups in total. The van der Waals surface area contributed by atoms with Gasteiger partial charge in [-0.15, -0.1) is 0 Å². The minimum atomic E-state index is -0.654. The number of anilines is 1. The van der Waals surface area contributed by atoms with Gasteiger partial charge in [0.25, 0.3) is 5.91 Å². The number of hydrogen-bond donors (Lipinski definition) is 4. The fourth-order valence-corrected chi connectivity index (χ4v) is 3.37. The van der Waals surface area contributed by atoms with E-state index in [1.165, 1.54) is 14.2 Å². The number of phenolic OH excluding ortho intramolecular Hbond substituents is 1. The molecule has 146 valence electrons. The molecule has 1 atom stereocenters. The van der Waals surface area contributed by atoms with Gasteiger partial charge in [-0.25, -0.2) is 0 Å². The van der Waals surface area contributed by atoms with Gasteiger partial charge in [0.15, 0.2) is 16.6 Å². The molecule has 7 nitrogen and oxygen atoms in total. The van der Waals surface area contributed by atoms with Crippen molar-refractivity contribution in [2.45, 2.75) is 13.0 Å². The van der Waals surface area contributed by atoms with Gasteiger partial charge in [-0.1, -0.05) is 24.3 Å². The standard InChI is InChI=1S/C20H21N3O4S/c1-11-16(19(25)22-13-8-4-5-9-14(13)26-2)17(23-20(28)21-11)12-7-6-10-15(27-3)18(12)24/h4-10,17,24H,1-3H3,(H,22,25)(H2,21,23,28)/t17-/m1/s1. The summed E-state index contributed by atoms with van der Waals surface area (Å²) < 4.78 is 10.5. The zero-order valence-electron chi connectivity index (χ0n) is 15.7. The van der Waals surface area contributed by atoms with E-state index in [2.05, 4.69) is 16.0 Å². The van der Waals surface area contributed by atoms with Crippen LogP contribution in [0.3, 0.4) is 0 Å². The van der Waals surface area contributed by atoms with Crippen molar-refractivity contribution in [1.29, 1.82) is 0 Å². The van der Waals surface area contributed by atoms with Crippen molar-refractivity contribution < 1.29 is 19.4 Å². The Balaban J connectivity index is 2.02. The minimum absolute atomic E-state index is 0.0532. The molecule has 1 aliphatic rings. The molecule has 0 saturated heterocycles. The van der Waals surface area contributed by atoms with E-state index < -0.39 is 6.04 Å². The van der Waals surface area contributed by atoms with Crippen molar-refractivity contribution >= 4 is 28.9 Å². The Morgan fingerprint density at radius 2 is 1.79 bits per heavy atom. The van der Waals surface area contributed by atoms with Gasteiger partial charge in [0, 0.05) is 11.3 Å². The van der Waals surface area contributed by atoms with Crippen molar-refractivity contribution in [2.24, 2.45) is 0 Å². The SMILES string of the molecule is COc1ccccc1NC(=O)C1=C(C)NC(=S)N[C@@H]1c1cccc(OC)c1O. The van der Waals surface area contributed by atoms with Crippen molar-refractivity contribution in [2.75, 3.05) is 19.5 Å². The largest absolute Gasteiger partial charge is 0.504 e. The predicted molar refractivity (Wildman–Crippen MR) is 111 cm³/mol. The second-order valence-corrected chi connectivity index (χ2v) is 6.53. The first-order chi connectivity index (χ1) is 13.5. The van der Waals surface area contributed by atoms with Crippen molar-refractivity contribution in [3.05, 3.63) is 59.3 Å². The third kappa shape index (κ3) is 3.72. The smallest absolute Gasteiger partial charge is 0.255 e. The van der Waals surface area contributed by atoms with Crippen molar-refractivity contribution in [1.82, 2.24) is 10.6 Å². The van der Waals surface area contributed by atoms with Gasteiger partial charge in [0.2, 0.25) is 0 Å².